The zero-order valence-corrected chi connectivity index (χ0v) is 14.6. The minimum Gasteiger partial charge on any atom is -0.477 e. The Balaban J connectivity index is 2.33. The van der Waals surface area contributed by atoms with Gasteiger partial charge in [-0.05, 0) is 25.7 Å². The summed E-state index contributed by atoms with van der Waals surface area (Å²) in [6, 6.07) is 9.96. The van der Waals surface area contributed by atoms with Crippen LogP contribution in [0.25, 0.3) is 0 Å². The first-order chi connectivity index (χ1) is 11.2. The second-order valence-electron chi connectivity index (χ2n) is 5.82. The average molecular weight is 351 g/mol. The van der Waals surface area contributed by atoms with Crippen LogP contribution in [0, 0.1) is 0 Å². The summed E-state index contributed by atoms with van der Waals surface area (Å²) in [7, 11) is 1.36. The van der Waals surface area contributed by atoms with Gasteiger partial charge in [0.1, 0.15) is 10.6 Å². The second-order valence-corrected chi connectivity index (χ2v) is 7.54. The Bertz CT molecular complexity index is 813. The van der Waals surface area contributed by atoms with Crippen LogP contribution in [0.3, 0.4) is 0 Å². The number of sulfonamides is 1. The Hall–Kier alpha value is -2.16. The predicted molar refractivity (Wildman–Crippen MR) is 90.4 cm³/mol. The van der Waals surface area contributed by atoms with E-state index in [-0.39, 0.29) is 10.6 Å². The minimum absolute atomic E-state index is 0.0675. The van der Waals surface area contributed by atoms with Gasteiger partial charge in [0.05, 0.1) is 6.04 Å². The SMILES string of the molecule is CN(C)CC(NS(=O)(=O)c1cc(C(=O)O)n(C)c1)c1ccccc1. The van der Waals surface area contributed by atoms with Gasteiger partial charge < -0.3 is 14.6 Å². The number of hydrogen-bond donors (Lipinski definition) is 2. The van der Waals surface area contributed by atoms with Crippen LogP contribution in [0.4, 0.5) is 0 Å². The molecule has 0 aliphatic rings. The lowest BCUT2D eigenvalue weighted by molar-refractivity contribution is 0.0686. The lowest BCUT2D eigenvalue weighted by Crippen LogP contribution is -2.35. The van der Waals surface area contributed by atoms with E-state index < -0.39 is 22.0 Å². The third kappa shape index (κ3) is 4.22. The summed E-state index contributed by atoms with van der Waals surface area (Å²) in [5.74, 6) is -1.17. The van der Waals surface area contributed by atoms with Crippen molar-refractivity contribution < 1.29 is 18.3 Å². The predicted octanol–water partition coefficient (Wildman–Crippen LogP) is 1.30. The summed E-state index contributed by atoms with van der Waals surface area (Å²) in [4.78, 5) is 12.9. The van der Waals surface area contributed by atoms with Gasteiger partial charge in [0.15, 0.2) is 0 Å². The van der Waals surface area contributed by atoms with Gasteiger partial charge >= 0.3 is 5.97 Å². The van der Waals surface area contributed by atoms with Gasteiger partial charge in [0, 0.05) is 19.8 Å². The quantitative estimate of drug-likeness (QED) is 0.785. The molecule has 0 saturated carbocycles. The Labute approximate surface area is 141 Å². The normalized spacial score (nSPS) is 13.2. The largest absolute Gasteiger partial charge is 0.477 e. The van der Waals surface area contributed by atoms with E-state index in [4.69, 9.17) is 5.11 Å². The summed E-state index contributed by atoms with van der Waals surface area (Å²) in [6.07, 6.45) is 1.30. The van der Waals surface area contributed by atoms with Crippen molar-refractivity contribution in [3.8, 4) is 0 Å². The third-order valence-electron chi connectivity index (χ3n) is 3.56. The molecular formula is C16H21N3O4S. The number of carboxylic acid groups (broad SMARTS) is 1. The molecule has 1 atom stereocenters. The molecule has 1 aromatic carbocycles. The number of nitrogens with one attached hydrogen (secondary N) is 1. The molecule has 1 heterocycles. The van der Waals surface area contributed by atoms with Crippen molar-refractivity contribution >= 4 is 16.0 Å². The van der Waals surface area contributed by atoms with Crippen molar-refractivity contribution in [1.82, 2.24) is 14.2 Å². The van der Waals surface area contributed by atoms with Crippen LogP contribution in [0.1, 0.15) is 22.1 Å². The van der Waals surface area contributed by atoms with E-state index in [9.17, 15) is 13.2 Å². The van der Waals surface area contributed by atoms with Crippen molar-refractivity contribution in [2.24, 2.45) is 7.05 Å². The summed E-state index contributed by atoms with van der Waals surface area (Å²) in [5, 5.41) is 9.08. The Morgan fingerprint density at radius 3 is 2.42 bits per heavy atom. The van der Waals surface area contributed by atoms with Gasteiger partial charge in [-0.1, -0.05) is 30.3 Å². The number of nitrogens with zero attached hydrogens (tertiary/aromatic N) is 2. The van der Waals surface area contributed by atoms with Crippen LogP contribution >= 0.6 is 0 Å². The molecule has 0 saturated heterocycles. The first-order valence-corrected chi connectivity index (χ1v) is 8.80. The molecule has 2 rings (SSSR count). The Morgan fingerprint density at radius 2 is 1.92 bits per heavy atom. The number of hydrogen-bond acceptors (Lipinski definition) is 4. The molecule has 0 radical (unpaired) electrons. The van der Waals surface area contributed by atoms with Crippen LogP contribution in [0.2, 0.25) is 0 Å². The van der Waals surface area contributed by atoms with Crippen molar-refractivity contribution in [2.75, 3.05) is 20.6 Å². The molecule has 8 heteroatoms. The third-order valence-corrected chi connectivity index (χ3v) is 5.00. The van der Waals surface area contributed by atoms with Crippen LogP contribution in [0.5, 0.6) is 0 Å². The van der Waals surface area contributed by atoms with E-state index in [1.807, 2.05) is 49.3 Å². The zero-order chi connectivity index (χ0) is 17.9. The van der Waals surface area contributed by atoms with E-state index in [1.165, 1.54) is 17.8 Å². The highest BCUT2D eigenvalue weighted by Gasteiger charge is 2.24. The summed E-state index contributed by atoms with van der Waals surface area (Å²) in [5.41, 5.74) is 0.753. The molecule has 0 bridgehead atoms. The van der Waals surface area contributed by atoms with Crippen molar-refractivity contribution in [3.05, 3.63) is 53.9 Å². The molecule has 2 aromatic rings. The number of carbonyl (C=O) groups is 1. The van der Waals surface area contributed by atoms with Gasteiger partial charge in [0.2, 0.25) is 10.0 Å². The number of aromatic nitrogens is 1. The Morgan fingerprint density at radius 1 is 1.29 bits per heavy atom. The lowest BCUT2D eigenvalue weighted by atomic mass is 10.1. The monoisotopic (exact) mass is 351 g/mol. The lowest BCUT2D eigenvalue weighted by Gasteiger charge is -2.22. The van der Waals surface area contributed by atoms with E-state index in [0.717, 1.165) is 11.6 Å². The number of likely N-dealkylation sites (N-methyl/N-ethyl adjacent to an activating group) is 1. The molecule has 7 nitrogen and oxygen atoms in total. The summed E-state index contributed by atoms with van der Waals surface area (Å²) < 4.78 is 29.2. The molecule has 1 aromatic heterocycles. The van der Waals surface area contributed by atoms with Crippen molar-refractivity contribution in [3.63, 3.8) is 0 Å². The highest BCUT2D eigenvalue weighted by atomic mass is 32.2. The molecule has 0 aliphatic carbocycles. The summed E-state index contributed by atoms with van der Waals surface area (Å²) >= 11 is 0. The summed E-state index contributed by atoms with van der Waals surface area (Å²) in [6.45, 7) is 0.474. The van der Waals surface area contributed by atoms with Gasteiger partial charge in [-0.2, -0.15) is 0 Å². The second kappa shape index (κ2) is 7.16. The maximum Gasteiger partial charge on any atom is 0.352 e. The van der Waals surface area contributed by atoms with Crippen molar-refractivity contribution in [1.29, 1.82) is 0 Å². The molecule has 0 aliphatic heterocycles. The molecule has 0 spiro atoms. The van der Waals surface area contributed by atoms with Crippen molar-refractivity contribution in [2.45, 2.75) is 10.9 Å². The average Bonchev–Trinajstić information content (AvgIpc) is 2.90. The maximum atomic E-state index is 12.6. The first-order valence-electron chi connectivity index (χ1n) is 7.32. The standard InChI is InChI=1S/C16H21N3O4S/c1-18(2)11-14(12-7-5-4-6-8-12)17-24(22,23)13-9-15(16(20)21)19(3)10-13/h4-10,14,17H,11H2,1-3H3,(H,20,21). The van der Waals surface area contributed by atoms with Crippen LogP contribution in [-0.2, 0) is 17.1 Å². The van der Waals surface area contributed by atoms with Crippen LogP contribution in [-0.4, -0.2) is 49.6 Å². The highest BCUT2D eigenvalue weighted by molar-refractivity contribution is 7.89. The number of aryl methyl sites for hydroxylation is 1. The Kier molecular flexibility index (Phi) is 5.43. The molecule has 130 valence electrons. The topological polar surface area (TPSA) is 91.6 Å². The number of carboxylic acids is 1. The molecule has 0 fully saturated rings. The minimum atomic E-state index is -3.85. The molecule has 24 heavy (non-hydrogen) atoms. The molecule has 2 N–H and O–H groups in total. The number of aromatic carboxylic acids is 1. The van der Waals surface area contributed by atoms with E-state index in [1.54, 1.807) is 0 Å². The van der Waals surface area contributed by atoms with E-state index in [0.29, 0.717) is 6.54 Å². The van der Waals surface area contributed by atoms with Gasteiger partial charge in [-0.3, -0.25) is 0 Å². The fourth-order valence-electron chi connectivity index (χ4n) is 2.41. The number of rotatable bonds is 7. The molecule has 0 amide bonds. The molecule has 1 unspecified atom stereocenters. The van der Waals surface area contributed by atoms with E-state index >= 15 is 0 Å². The molecular weight excluding hydrogens is 330 g/mol. The van der Waals surface area contributed by atoms with Gasteiger partial charge in [0.25, 0.3) is 0 Å². The zero-order valence-electron chi connectivity index (χ0n) is 13.8. The van der Waals surface area contributed by atoms with Crippen LogP contribution in [0.15, 0.2) is 47.5 Å². The van der Waals surface area contributed by atoms with Crippen LogP contribution < -0.4 is 4.72 Å². The van der Waals surface area contributed by atoms with Gasteiger partial charge in [-0.25, -0.2) is 17.9 Å². The fourth-order valence-corrected chi connectivity index (χ4v) is 3.70. The van der Waals surface area contributed by atoms with Gasteiger partial charge in [-0.15, -0.1) is 0 Å². The highest BCUT2D eigenvalue weighted by Crippen LogP contribution is 2.19. The maximum absolute atomic E-state index is 12.6. The van der Waals surface area contributed by atoms with E-state index in [2.05, 4.69) is 4.72 Å². The first kappa shape index (κ1) is 18.2. The smallest absolute Gasteiger partial charge is 0.352 e. The fraction of sp³-hybridized carbons (Fsp3) is 0.312. The number of benzene rings is 1.